The maximum Gasteiger partial charge on any atom is 0.262 e. The van der Waals surface area contributed by atoms with Gasteiger partial charge < -0.3 is 10.6 Å². The molecule has 148 valence electrons. The zero-order chi connectivity index (χ0) is 20.9. The van der Waals surface area contributed by atoms with Crippen LogP contribution in [0.3, 0.4) is 0 Å². The van der Waals surface area contributed by atoms with Crippen LogP contribution in [0.5, 0.6) is 0 Å². The first-order chi connectivity index (χ1) is 14.6. The summed E-state index contributed by atoms with van der Waals surface area (Å²) in [6.07, 6.45) is 3.01. The van der Waals surface area contributed by atoms with Gasteiger partial charge in [0, 0.05) is 11.8 Å². The fraction of sp³-hybridized carbons (Fsp3) is 0.0435. The van der Waals surface area contributed by atoms with E-state index in [1.807, 2.05) is 49.4 Å². The number of aryl methyl sites for hydroxylation is 1. The third-order valence-corrected chi connectivity index (χ3v) is 4.47. The Balaban J connectivity index is 1.70. The minimum absolute atomic E-state index is 0.227. The van der Waals surface area contributed by atoms with Gasteiger partial charge in [0.1, 0.15) is 17.2 Å². The minimum atomic E-state index is -0.421. The maximum absolute atomic E-state index is 12.9. The largest absolute Gasteiger partial charge is 0.306 e. The normalized spacial score (nSPS) is 10.4. The highest BCUT2D eigenvalue weighted by Crippen LogP contribution is 2.22. The smallest absolute Gasteiger partial charge is 0.262 e. The van der Waals surface area contributed by atoms with Crippen molar-refractivity contribution in [1.29, 1.82) is 0 Å². The summed E-state index contributed by atoms with van der Waals surface area (Å²) in [5.41, 5.74) is 2.48. The second kappa shape index (κ2) is 8.40. The van der Waals surface area contributed by atoms with Crippen molar-refractivity contribution in [2.45, 2.75) is 6.92 Å². The lowest BCUT2D eigenvalue weighted by molar-refractivity contribution is 0.102. The van der Waals surface area contributed by atoms with Gasteiger partial charge in [-0.2, -0.15) is 5.10 Å². The van der Waals surface area contributed by atoms with Crippen molar-refractivity contribution in [1.82, 2.24) is 14.8 Å². The molecule has 4 rings (SSSR count). The molecular weight excluding hydrogens is 378 g/mol. The van der Waals surface area contributed by atoms with Crippen LogP contribution < -0.4 is 10.6 Å². The number of benzene rings is 2. The Morgan fingerprint density at radius 2 is 1.57 bits per heavy atom. The molecule has 0 saturated heterocycles. The van der Waals surface area contributed by atoms with Crippen LogP contribution in [0.25, 0.3) is 5.69 Å². The molecule has 7 heteroatoms. The van der Waals surface area contributed by atoms with Gasteiger partial charge in [0.2, 0.25) is 0 Å². The lowest BCUT2D eigenvalue weighted by Crippen LogP contribution is -2.20. The number of rotatable bonds is 5. The number of para-hydroxylation sites is 1. The average molecular weight is 397 g/mol. The highest BCUT2D eigenvalue weighted by molar-refractivity contribution is 6.11. The van der Waals surface area contributed by atoms with Gasteiger partial charge in [0.05, 0.1) is 11.9 Å². The molecule has 0 fully saturated rings. The molecule has 0 atom stereocenters. The van der Waals surface area contributed by atoms with Gasteiger partial charge in [-0.25, -0.2) is 9.67 Å². The van der Waals surface area contributed by atoms with Gasteiger partial charge in [0.15, 0.2) is 0 Å². The zero-order valence-electron chi connectivity index (χ0n) is 16.2. The van der Waals surface area contributed by atoms with Crippen molar-refractivity contribution in [2.24, 2.45) is 0 Å². The van der Waals surface area contributed by atoms with Crippen molar-refractivity contribution < 1.29 is 9.59 Å². The highest BCUT2D eigenvalue weighted by Gasteiger charge is 2.21. The fourth-order valence-electron chi connectivity index (χ4n) is 2.90. The van der Waals surface area contributed by atoms with Crippen LogP contribution >= 0.6 is 0 Å². The number of nitrogens with zero attached hydrogens (tertiary/aromatic N) is 3. The third-order valence-electron chi connectivity index (χ3n) is 4.47. The Morgan fingerprint density at radius 3 is 2.27 bits per heavy atom. The fourth-order valence-corrected chi connectivity index (χ4v) is 2.90. The second-order valence-electron chi connectivity index (χ2n) is 6.64. The Labute approximate surface area is 173 Å². The summed E-state index contributed by atoms with van der Waals surface area (Å²) < 4.78 is 1.53. The quantitative estimate of drug-likeness (QED) is 0.531. The molecule has 0 bridgehead atoms. The molecular formula is C23H19N5O2. The van der Waals surface area contributed by atoms with Crippen LogP contribution in [-0.2, 0) is 0 Å². The number of hydrogen-bond donors (Lipinski definition) is 2. The number of amides is 2. The first-order valence-corrected chi connectivity index (χ1v) is 9.35. The van der Waals surface area contributed by atoms with Gasteiger partial charge in [-0.05, 0) is 43.3 Å². The summed E-state index contributed by atoms with van der Waals surface area (Å²) in [7, 11) is 0. The van der Waals surface area contributed by atoms with E-state index in [2.05, 4.69) is 20.7 Å². The molecule has 30 heavy (non-hydrogen) atoms. The summed E-state index contributed by atoms with van der Waals surface area (Å²) in [4.78, 5) is 29.8. The van der Waals surface area contributed by atoms with E-state index < -0.39 is 5.91 Å². The molecule has 0 aliphatic heterocycles. The number of hydrogen-bond acceptors (Lipinski definition) is 4. The molecule has 0 radical (unpaired) electrons. The number of carbonyl (C=O) groups is 2. The molecule has 2 N–H and O–H groups in total. The van der Waals surface area contributed by atoms with Crippen LogP contribution in [0.15, 0.2) is 85.2 Å². The predicted molar refractivity (Wildman–Crippen MR) is 115 cm³/mol. The monoisotopic (exact) mass is 397 g/mol. The lowest BCUT2D eigenvalue weighted by Gasteiger charge is -2.12. The molecule has 0 saturated carbocycles. The first-order valence-electron chi connectivity index (χ1n) is 9.35. The molecule has 0 aliphatic carbocycles. The van der Waals surface area contributed by atoms with Crippen molar-refractivity contribution in [3.05, 3.63) is 102 Å². The van der Waals surface area contributed by atoms with E-state index in [0.29, 0.717) is 17.1 Å². The Hall–Kier alpha value is -4.26. The SMILES string of the molecule is Cc1ccc(C(=O)Nc2c(C(=O)Nc3ccccn3)cnn2-c2ccccc2)cc1. The van der Waals surface area contributed by atoms with E-state index in [1.54, 1.807) is 36.5 Å². The summed E-state index contributed by atoms with van der Waals surface area (Å²) in [6.45, 7) is 1.95. The molecule has 2 aromatic heterocycles. The Bertz CT molecular complexity index is 1170. The minimum Gasteiger partial charge on any atom is -0.306 e. The summed E-state index contributed by atoms with van der Waals surface area (Å²) in [5, 5.41) is 9.90. The molecule has 0 aliphatic rings. The van der Waals surface area contributed by atoms with Crippen molar-refractivity contribution in [3.63, 3.8) is 0 Å². The lowest BCUT2D eigenvalue weighted by atomic mass is 10.1. The summed E-state index contributed by atoms with van der Waals surface area (Å²) in [6, 6.07) is 21.7. The molecule has 2 aromatic carbocycles. The van der Waals surface area contributed by atoms with Crippen LogP contribution in [-0.4, -0.2) is 26.6 Å². The summed E-state index contributed by atoms with van der Waals surface area (Å²) >= 11 is 0. The number of nitrogens with one attached hydrogen (secondary N) is 2. The van der Waals surface area contributed by atoms with Crippen molar-refractivity contribution >= 4 is 23.5 Å². The van der Waals surface area contributed by atoms with Crippen LogP contribution in [0.4, 0.5) is 11.6 Å². The third kappa shape index (κ3) is 4.10. The van der Waals surface area contributed by atoms with Crippen molar-refractivity contribution in [3.8, 4) is 5.69 Å². The number of carbonyl (C=O) groups excluding carboxylic acids is 2. The average Bonchev–Trinajstić information content (AvgIpc) is 3.19. The van der Waals surface area contributed by atoms with Crippen LogP contribution in [0.1, 0.15) is 26.3 Å². The molecule has 2 heterocycles. The topological polar surface area (TPSA) is 88.9 Å². The van der Waals surface area contributed by atoms with Gasteiger partial charge in [-0.15, -0.1) is 0 Å². The second-order valence-corrected chi connectivity index (χ2v) is 6.64. The van der Waals surface area contributed by atoms with Crippen LogP contribution in [0.2, 0.25) is 0 Å². The Morgan fingerprint density at radius 1 is 0.833 bits per heavy atom. The number of aromatic nitrogens is 3. The van der Waals surface area contributed by atoms with E-state index in [9.17, 15) is 9.59 Å². The maximum atomic E-state index is 12.9. The highest BCUT2D eigenvalue weighted by atomic mass is 16.2. The van der Waals surface area contributed by atoms with E-state index in [0.717, 1.165) is 5.56 Å². The van der Waals surface area contributed by atoms with Gasteiger partial charge in [-0.3, -0.25) is 9.59 Å². The number of anilines is 2. The molecule has 7 nitrogen and oxygen atoms in total. The zero-order valence-corrected chi connectivity index (χ0v) is 16.2. The van der Waals surface area contributed by atoms with E-state index in [-0.39, 0.29) is 17.3 Å². The van der Waals surface area contributed by atoms with E-state index in [4.69, 9.17) is 0 Å². The van der Waals surface area contributed by atoms with Gasteiger partial charge >= 0.3 is 0 Å². The van der Waals surface area contributed by atoms with Gasteiger partial charge in [-0.1, -0.05) is 42.0 Å². The van der Waals surface area contributed by atoms with Gasteiger partial charge in [0.25, 0.3) is 11.8 Å². The van der Waals surface area contributed by atoms with Crippen LogP contribution in [0, 0.1) is 6.92 Å². The standard InChI is InChI=1S/C23H19N5O2/c1-16-10-12-17(13-11-16)22(29)27-21-19(23(30)26-20-9-5-6-14-24-20)15-25-28(21)18-7-3-2-4-8-18/h2-15H,1H3,(H,27,29)(H,24,26,30). The molecule has 0 spiro atoms. The van der Waals surface area contributed by atoms with E-state index >= 15 is 0 Å². The Kier molecular flexibility index (Phi) is 5.34. The molecule has 0 unspecified atom stereocenters. The first kappa shape index (κ1) is 19.1. The number of pyridine rings is 1. The van der Waals surface area contributed by atoms with E-state index in [1.165, 1.54) is 10.9 Å². The predicted octanol–water partition coefficient (Wildman–Crippen LogP) is 4.08. The summed E-state index contributed by atoms with van der Waals surface area (Å²) in [5.74, 6) is -0.0689. The molecule has 4 aromatic rings. The molecule has 2 amide bonds. The van der Waals surface area contributed by atoms with Crippen molar-refractivity contribution in [2.75, 3.05) is 10.6 Å².